The highest BCUT2D eigenvalue weighted by Gasteiger charge is 2.31. The van der Waals surface area contributed by atoms with E-state index in [9.17, 15) is 19.7 Å². The number of thioether (sulfide) groups is 1. The van der Waals surface area contributed by atoms with Crippen LogP contribution in [-0.4, -0.2) is 41.3 Å². The summed E-state index contributed by atoms with van der Waals surface area (Å²) >= 11 is 1.18. The van der Waals surface area contributed by atoms with Gasteiger partial charge in [0.25, 0.3) is 11.6 Å². The van der Waals surface area contributed by atoms with Crippen molar-refractivity contribution in [2.45, 2.75) is 11.7 Å². The van der Waals surface area contributed by atoms with Crippen molar-refractivity contribution in [1.82, 2.24) is 0 Å². The van der Waals surface area contributed by atoms with Gasteiger partial charge < -0.3 is 14.8 Å². The molecule has 0 bridgehead atoms. The van der Waals surface area contributed by atoms with Gasteiger partial charge in [-0.2, -0.15) is 0 Å². The van der Waals surface area contributed by atoms with Crippen LogP contribution < -0.4 is 14.8 Å². The molecule has 0 aliphatic carbocycles. The summed E-state index contributed by atoms with van der Waals surface area (Å²) in [6.07, 6.45) is -0.163. The maximum atomic E-state index is 12.4. The molecule has 29 heavy (non-hydrogen) atoms. The molecular weight excluding hydrogens is 398 g/mol. The van der Waals surface area contributed by atoms with Gasteiger partial charge in [-0.3, -0.25) is 19.7 Å². The number of carbonyl (C=O) groups is 2. The number of rotatable bonds is 7. The molecule has 1 aliphatic heterocycles. The SMILES string of the molecule is COc1cccc(C2=NC(=O)[C@H](CC(=O)Nc3ccc(OC)cc3[N+](=O)[O-])S2)c1. The number of methoxy groups -OCH3 is 2. The van der Waals surface area contributed by atoms with Crippen molar-refractivity contribution in [3.05, 3.63) is 58.1 Å². The standard InChI is InChI=1S/C19H17N3O6S/c1-27-12-5-3-4-11(8-12)19-21-18(24)16(29-19)10-17(23)20-14-7-6-13(28-2)9-15(14)22(25)26/h3-9,16H,10H2,1-2H3,(H,20,23)/t16-/m0/s1. The Balaban J connectivity index is 1.68. The molecular formula is C19H17N3O6S. The lowest BCUT2D eigenvalue weighted by Crippen LogP contribution is -2.21. The molecule has 10 heteroatoms. The molecule has 9 nitrogen and oxygen atoms in total. The number of benzene rings is 2. The van der Waals surface area contributed by atoms with Gasteiger partial charge in [-0.05, 0) is 24.3 Å². The first-order valence-corrected chi connectivity index (χ1v) is 9.35. The van der Waals surface area contributed by atoms with Crippen molar-refractivity contribution in [2.24, 2.45) is 4.99 Å². The van der Waals surface area contributed by atoms with E-state index < -0.39 is 22.0 Å². The van der Waals surface area contributed by atoms with Crippen LogP contribution in [0.25, 0.3) is 0 Å². The zero-order valence-electron chi connectivity index (χ0n) is 15.6. The van der Waals surface area contributed by atoms with Crippen LogP contribution in [0.5, 0.6) is 11.5 Å². The van der Waals surface area contributed by atoms with Crippen molar-refractivity contribution in [2.75, 3.05) is 19.5 Å². The van der Waals surface area contributed by atoms with Crippen molar-refractivity contribution >= 4 is 40.0 Å². The van der Waals surface area contributed by atoms with Crippen LogP contribution in [0, 0.1) is 10.1 Å². The van der Waals surface area contributed by atoms with Crippen molar-refractivity contribution < 1.29 is 24.0 Å². The lowest BCUT2D eigenvalue weighted by molar-refractivity contribution is -0.384. The smallest absolute Gasteiger partial charge is 0.296 e. The van der Waals surface area contributed by atoms with Crippen molar-refractivity contribution in [1.29, 1.82) is 0 Å². The number of carbonyl (C=O) groups excluding carboxylic acids is 2. The Bertz CT molecular complexity index is 1010. The second-order valence-corrected chi connectivity index (χ2v) is 7.18. The summed E-state index contributed by atoms with van der Waals surface area (Å²) < 4.78 is 10.1. The Morgan fingerprint density at radius 1 is 1.21 bits per heavy atom. The molecule has 0 aromatic heterocycles. The number of nitro groups is 1. The Morgan fingerprint density at radius 2 is 1.93 bits per heavy atom. The summed E-state index contributed by atoms with van der Waals surface area (Å²) in [5, 5.41) is 13.5. The van der Waals surface area contributed by atoms with Crippen LogP contribution in [0.4, 0.5) is 11.4 Å². The van der Waals surface area contributed by atoms with Crippen LogP contribution in [0.15, 0.2) is 47.5 Å². The number of anilines is 1. The number of aliphatic imine (C=N–C) groups is 1. The zero-order valence-corrected chi connectivity index (χ0v) is 16.4. The number of ether oxygens (including phenoxy) is 2. The monoisotopic (exact) mass is 415 g/mol. The van der Waals surface area contributed by atoms with Gasteiger partial charge >= 0.3 is 0 Å². The third kappa shape index (κ3) is 4.72. The minimum atomic E-state index is -0.700. The number of nitrogens with zero attached hydrogens (tertiary/aromatic N) is 2. The fraction of sp³-hybridized carbons (Fsp3) is 0.211. The molecule has 0 saturated carbocycles. The average molecular weight is 415 g/mol. The Hall–Kier alpha value is -3.40. The number of hydrogen-bond acceptors (Lipinski definition) is 7. The third-order valence-electron chi connectivity index (χ3n) is 4.10. The molecule has 1 aliphatic rings. The normalized spacial score (nSPS) is 15.6. The number of nitrogens with one attached hydrogen (secondary N) is 1. The molecule has 2 amide bonds. The van der Waals surface area contributed by atoms with E-state index in [2.05, 4.69) is 10.3 Å². The first-order valence-electron chi connectivity index (χ1n) is 8.47. The topological polar surface area (TPSA) is 120 Å². The van der Waals surface area contributed by atoms with E-state index in [4.69, 9.17) is 9.47 Å². The predicted octanol–water partition coefficient (Wildman–Crippen LogP) is 3.03. The second kappa shape index (κ2) is 8.74. The first-order chi connectivity index (χ1) is 13.9. The lowest BCUT2D eigenvalue weighted by Gasteiger charge is -2.10. The minimum Gasteiger partial charge on any atom is -0.497 e. The van der Waals surface area contributed by atoms with Gasteiger partial charge in [0, 0.05) is 12.0 Å². The Morgan fingerprint density at radius 3 is 2.62 bits per heavy atom. The molecule has 0 fully saturated rings. The second-order valence-electron chi connectivity index (χ2n) is 5.99. The molecule has 2 aromatic rings. The number of hydrogen-bond donors (Lipinski definition) is 1. The van der Waals surface area contributed by atoms with Gasteiger partial charge in [0.1, 0.15) is 27.5 Å². The molecule has 2 aromatic carbocycles. The highest BCUT2D eigenvalue weighted by molar-refractivity contribution is 8.16. The summed E-state index contributed by atoms with van der Waals surface area (Å²) in [5.41, 5.74) is 0.456. The highest BCUT2D eigenvalue weighted by atomic mass is 32.2. The van der Waals surface area contributed by atoms with E-state index in [-0.39, 0.29) is 17.8 Å². The molecule has 1 N–H and O–H groups in total. The molecule has 3 rings (SSSR count). The summed E-state index contributed by atoms with van der Waals surface area (Å²) in [6.45, 7) is 0. The van der Waals surface area contributed by atoms with E-state index in [1.807, 2.05) is 0 Å². The van der Waals surface area contributed by atoms with Gasteiger partial charge in [0.05, 0.1) is 25.2 Å². The van der Waals surface area contributed by atoms with Gasteiger partial charge in [-0.25, -0.2) is 4.99 Å². The fourth-order valence-corrected chi connectivity index (χ4v) is 3.73. The Labute approximate surface area is 170 Å². The molecule has 0 radical (unpaired) electrons. The molecule has 1 atom stereocenters. The fourth-order valence-electron chi connectivity index (χ4n) is 2.67. The van der Waals surface area contributed by atoms with E-state index in [0.29, 0.717) is 16.5 Å². The van der Waals surface area contributed by atoms with Gasteiger partial charge in [0.15, 0.2) is 0 Å². The van der Waals surface area contributed by atoms with Crippen LogP contribution in [0.1, 0.15) is 12.0 Å². The zero-order chi connectivity index (χ0) is 21.0. The van der Waals surface area contributed by atoms with Crippen LogP contribution in [0.3, 0.4) is 0 Å². The molecule has 0 saturated heterocycles. The van der Waals surface area contributed by atoms with E-state index in [0.717, 1.165) is 5.56 Å². The maximum Gasteiger partial charge on any atom is 0.296 e. The average Bonchev–Trinajstić information content (AvgIpc) is 3.08. The van der Waals surface area contributed by atoms with E-state index in [1.165, 1.54) is 37.1 Å². The summed E-state index contributed by atoms with van der Waals surface area (Å²) in [5.74, 6) is -0.0165. The molecule has 0 spiro atoms. The minimum absolute atomic E-state index is 0.0326. The van der Waals surface area contributed by atoms with E-state index in [1.54, 1.807) is 31.4 Å². The quantitative estimate of drug-likeness (QED) is 0.545. The van der Waals surface area contributed by atoms with Crippen LogP contribution >= 0.6 is 11.8 Å². The van der Waals surface area contributed by atoms with Gasteiger partial charge in [-0.15, -0.1) is 0 Å². The largest absolute Gasteiger partial charge is 0.497 e. The lowest BCUT2D eigenvalue weighted by atomic mass is 10.2. The van der Waals surface area contributed by atoms with Gasteiger partial charge in [0.2, 0.25) is 5.91 Å². The van der Waals surface area contributed by atoms with E-state index >= 15 is 0 Å². The molecule has 0 unspecified atom stereocenters. The predicted molar refractivity (Wildman–Crippen MR) is 109 cm³/mol. The summed E-state index contributed by atoms with van der Waals surface area (Å²) in [6, 6.07) is 11.2. The van der Waals surface area contributed by atoms with Gasteiger partial charge in [-0.1, -0.05) is 23.9 Å². The number of nitro benzene ring substituents is 1. The Kier molecular flexibility index (Phi) is 6.13. The van der Waals surface area contributed by atoms with Crippen molar-refractivity contribution in [3.8, 4) is 11.5 Å². The first kappa shape index (κ1) is 20.3. The summed E-state index contributed by atoms with van der Waals surface area (Å²) in [4.78, 5) is 39.2. The summed E-state index contributed by atoms with van der Waals surface area (Å²) in [7, 11) is 2.93. The highest BCUT2D eigenvalue weighted by Crippen LogP contribution is 2.32. The third-order valence-corrected chi connectivity index (χ3v) is 5.31. The number of amides is 2. The van der Waals surface area contributed by atoms with Crippen molar-refractivity contribution in [3.63, 3.8) is 0 Å². The maximum absolute atomic E-state index is 12.4. The molecule has 150 valence electrons. The van der Waals surface area contributed by atoms with Crippen LogP contribution in [-0.2, 0) is 9.59 Å². The molecule has 1 heterocycles. The van der Waals surface area contributed by atoms with Crippen LogP contribution in [0.2, 0.25) is 0 Å².